The maximum Gasteiger partial charge on any atom is 0.393 e. The van der Waals surface area contributed by atoms with Crippen molar-refractivity contribution in [2.45, 2.75) is 30.9 Å². The number of methoxy groups -OCH3 is 1. The number of nitrogens with zero attached hydrogens (tertiary/aromatic N) is 4. The number of aromatic nitrogens is 2. The summed E-state index contributed by atoms with van der Waals surface area (Å²) in [6.45, 7) is 1.38. The Balaban J connectivity index is 1.53. The molecule has 0 radical (unpaired) electrons. The first kappa shape index (κ1) is 27.2. The van der Waals surface area contributed by atoms with Gasteiger partial charge in [0, 0.05) is 39.2 Å². The molecule has 2 saturated heterocycles. The average Bonchev–Trinajstić information content (AvgIpc) is 3.32. The predicted molar refractivity (Wildman–Crippen MR) is 125 cm³/mol. The summed E-state index contributed by atoms with van der Waals surface area (Å²) in [7, 11) is -1.63. The van der Waals surface area contributed by atoms with Crippen LogP contribution < -0.4 is 4.74 Å². The van der Waals surface area contributed by atoms with Gasteiger partial charge in [-0.2, -0.15) is 18.2 Å². The van der Waals surface area contributed by atoms with Gasteiger partial charge in [0.25, 0.3) is 0 Å². The zero-order chi connectivity index (χ0) is 26.6. The smallest absolute Gasteiger partial charge is 0.393 e. The van der Waals surface area contributed by atoms with E-state index in [1.54, 1.807) is 17.0 Å². The van der Waals surface area contributed by atoms with Crippen molar-refractivity contribution in [2.75, 3.05) is 58.0 Å². The average molecular weight is 547 g/mol. The van der Waals surface area contributed by atoms with Crippen molar-refractivity contribution in [1.29, 1.82) is 0 Å². The quantitative estimate of drug-likeness (QED) is 0.487. The van der Waals surface area contributed by atoms with E-state index >= 15 is 0 Å². The zero-order valence-corrected chi connectivity index (χ0v) is 21.1. The van der Waals surface area contributed by atoms with Crippen LogP contribution in [0.15, 0.2) is 28.8 Å². The normalized spacial score (nSPS) is 22.2. The number of ether oxygens (including phenoxy) is 2. The molecule has 2 aliphatic heterocycles. The third-order valence-corrected chi connectivity index (χ3v) is 8.09. The van der Waals surface area contributed by atoms with Crippen molar-refractivity contribution in [3.63, 3.8) is 0 Å². The van der Waals surface area contributed by atoms with Gasteiger partial charge in [0.15, 0.2) is 9.84 Å². The van der Waals surface area contributed by atoms with E-state index in [9.17, 15) is 26.4 Å². The minimum absolute atomic E-state index is 0.0461. The second kappa shape index (κ2) is 11.3. The SMILES string of the molecule is COCCOc1noc(C2CC(c3ccc(CC(F)(F)F)cc3)CN(C(=O)N3CCS(=O)(=O)CC3)C2)n1. The fraction of sp³-hybridized carbons (Fsp3) is 0.609. The van der Waals surface area contributed by atoms with Crippen LogP contribution in [0.5, 0.6) is 6.01 Å². The fourth-order valence-corrected chi connectivity index (χ4v) is 5.78. The molecule has 0 saturated carbocycles. The lowest BCUT2D eigenvalue weighted by Gasteiger charge is -2.40. The number of rotatable bonds is 7. The highest BCUT2D eigenvalue weighted by molar-refractivity contribution is 7.91. The molecule has 1 aromatic heterocycles. The van der Waals surface area contributed by atoms with Crippen molar-refractivity contribution in [2.24, 2.45) is 0 Å². The molecule has 10 nitrogen and oxygen atoms in total. The van der Waals surface area contributed by atoms with Gasteiger partial charge >= 0.3 is 18.2 Å². The lowest BCUT2D eigenvalue weighted by atomic mass is 9.84. The summed E-state index contributed by atoms with van der Waals surface area (Å²) in [6.07, 6.45) is -4.79. The first-order chi connectivity index (χ1) is 17.5. The Morgan fingerprint density at radius 2 is 1.76 bits per heavy atom. The van der Waals surface area contributed by atoms with Gasteiger partial charge in [-0.3, -0.25) is 0 Å². The Morgan fingerprint density at radius 3 is 2.41 bits per heavy atom. The number of hydrogen-bond donors (Lipinski definition) is 0. The van der Waals surface area contributed by atoms with Crippen LogP contribution in [0.3, 0.4) is 0 Å². The maximum atomic E-state index is 13.3. The molecule has 3 heterocycles. The van der Waals surface area contributed by atoms with Gasteiger partial charge in [-0.05, 0) is 22.7 Å². The van der Waals surface area contributed by atoms with Crippen LogP contribution >= 0.6 is 0 Å². The van der Waals surface area contributed by atoms with Crippen LogP contribution in [-0.2, 0) is 21.0 Å². The van der Waals surface area contributed by atoms with Crippen LogP contribution in [0.2, 0.25) is 0 Å². The van der Waals surface area contributed by atoms with Crippen molar-refractivity contribution in [3.8, 4) is 6.01 Å². The number of likely N-dealkylation sites (tertiary alicyclic amines) is 1. The zero-order valence-electron chi connectivity index (χ0n) is 20.3. The Hall–Kier alpha value is -2.87. The van der Waals surface area contributed by atoms with E-state index < -0.39 is 22.4 Å². The van der Waals surface area contributed by atoms with Gasteiger partial charge in [-0.1, -0.05) is 24.3 Å². The number of hydrogen-bond acceptors (Lipinski definition) is 8. The van der Waals surface area contributed by atoms with Crippen molar-refractivity contribution < 1.29 is 40.4 Å². The summed E-state index contributed by atoms with van der Waals surface area (Å²) in [5.74, 6) is -0.457. The highest BCUT2D eigenvalue weighted by Gasteiger charge is 2.37. The molecule has 2 fully saturated rings. The number of alkyl halides is 3. The van der Waals surface area contributed by atoms with Crippen LogP contribution in [-0.4, -0.2) is 98.6 Å². The number of sulfone groups is 1. The summed E-state index contributed by atoms with van der Waals surface area (Å²) in [5.41, 5.74) is 0.937. The van der Waals surface area contributed by atoms with Gasteiger partial charge in [0.1, 0.15) is 6.61 Å². The number of benzene rings is 1. The molecule has 2 unspecified atom stereocenters. The van der Waals surface area contributed by atoms with Gasteiger partial charge < -0.3 is 23.8 Å². The summed E-state index contributed by atoms with van der Waals surface area (Å²) in [6, 6.07) is 5.94. The van der Waals surface area contributed by atoms with E-state index in [4.69, 9.17) is 14.0 Å². The van der Waals surface area contributed by atoms with Crippen molar-refractivity contribution in [3.05, 3.63) is 41.3 Å². The van der Waals surface area contributed by atoms with Gasteiger partial charge in [0.2, 0.25) is 5.89 Å². The largest absolute Gasteiger partial charge is 0.459 e. The maximum absolute atomic E-state index is 13.3. The molecule has 37 heavy (non-hydrogen) atoms. The Labute approximate surface area is 212 Å². The van der Waals surface area contributed by atoms with E-state index in [1.807, 2.05) is 0 Å². The third-order valence-electron chi connectivity index (χ3n) is 6.48. The van der Waals surface area contributed by atoms with E-state index in [0.717, 1.165) is 5.56 Å². The summed E-state index contributed by atoms with van der Waals surface area (Å²) in [4.78, 5) is 20.8. The molecule has 14 heteroatoms. The number of piperidine rings is 1. The molecule has 2 amide bonds. The summed E-state index contributed by atoms with van der Waals surface area (Å²) < 4.78 is 77.7. The van der Waals surface area contributed by atoms with Crippen molar-refractivity contribution in [1.82, 2.24) is 19.9 Å². The molecule has 2 atom stereocenters. The monoisotopic (exact) mass is 546 g/mol. The Morgan fingerprint density at radius 1 is 1.08 bits per heavy atom. The molecule has 1 aromatic carbocycles. The van der Waals surface area contributed by atoms with Crippen molar-refractivity contribution >= 4 is 15.9 Å². The molecular formula is C23H29F3N4O6S. The van der Waals surface area contributed by atoms with E-state index in [0.29, 0.717) is 19.6 Å². The highest BCUT2D eigenvalue weighted by Crippen LogP contribution is 2.36. The first-order valence-corrected chi connectivity index (χ1v) is 13.7. The van der Waals surface area contributed by atoms with E-state index in [2.05, 4.69) is 10.1 Å². The van der Waals surface area contributed by atoms with Crippen LogP contribution in [0, 0.1) is 0 Å². The number of carbonyl (C=O) groups excluding carboxylic acids is 1. The van der Waals surface area contributed by atoms with Gasteiger partial charge in [0.05, 0.1) is 30.5 Å². The number of carbonyl (C=O) groups is 1. The number of halogens is 3. The minimum atomic E-state index is -4.30. The molecule has 0 bridgehead atoms. The second-order valence-corrected chi connectivity index (χ2v) is 11.5. The van der Waals surface area contributed by atoms with Crippen LogP contribution in [0.25, 0.3) is 0 Å². The molecule has 0 spiro atoms. The molecule has 2 aromatic rings. The molecule has 2 aliphatic rings. The number of amides is 2. The lowest BCUT2D eigenvalue weighted by molar-refractivity contribution is -0.127. The summed E-state index contributed by atoms with van der Waals surface area (Å²) in [5, 5.41) is 3.83. The van der Waals surface area contributed by atoms with Crippen LogP contribution in [0.4, 0.5) is 18.0 Å². The molecular weight excluding hydrogens is 517 g/mol. The lowest BCUT2D eigenvalue weighted by Crippen LogP contribution is -2.53. The third kappa shape index (κ3) is 7.34. The molecule has 4 rings (SSSR count). The van der Waals surface area contributed by atoms with E-state index in [1.165, 1.54) is 24.1 Å². The second-order valence-electron chi connectivity index (χ2n) is 9.25. The Kier molecular flexibility index (Phi) is 8.26. The highest BCUT2D eigenvalue weighted by atomic mass is 32.2. The molecule has 0 aliphatic carbocycles. The first-order valence-electron chi connectivity index (χ1n) is 11.9. The predicted octanol–water partition coefficient (Wildman–Crippen LogP) is 2.62. The van der Waals surface area contributed by atoms with Crippen LogP contribution in [0.1, 0.15) is 35.3 Å². The fourth-order valence-electron chi connectivity index (χ4n) is 4.58. The van der Waals surface area contributed by atoms with Gasteiger partial charge in [-0.25, -0.2) is 13.2 Å². The standard InChI is InChI=1S/C23H29F3N4O6S/c1-34-8-9-35-21-27-20(36-28-21)19-12-18(17-4-2-16(3-5-17)13-23(24,25)26)14-30(15-19)22(31)29-6-10-37(32,33)11-7-29/h2-5,18-19H,6-15H2,1H3. The molecule has 0 N–H and O–H groups in total. The topological polar surface area (TPSA) is 115 Å². The van der Waals surface area contributed by atoms with E-state index in [-0.39, 0.29) is 73.1 Å². The Bertz CT molecular complexity index is 1160. The minimum Gasteiger partial charge on any atom is -0.459 e. The number of urea groups is 1. The summed E-state index contributed by atoms with van der Waals surface area (Å²) >= 11 is 0. The molecule has 204 valence electrons. The van der Waals surface area contributed by atoms with Gasteiger partial charge in [-0.15, -0.1) is 0 Å².